The molecule has 5 unspecified atom stereocenters. The van der Waals surface area contributed by atoms with Gasteiger partial charge in [-0.1, -0.05) is 75.8 Å². The molecule has 0 aromatic rings. The third kappa shape index (κ3) is 5.19. The Morgan fingerprint density at radius 3 is 2.69 bits per heavy atom. The number of allylic oxidation sites excluding steroid dienone is 8. The molecule has 3 heteroatoms. The highest BCUT2D eigenvalue weighted by Crippen LogP contribution is 2.57. The number of rotatable bonds is 7. The highest BCUT2D eigenvalue weighted by atomic mass is 19.1. The van der Waals surface area contributed by atoms with Crippen molar-refractivity contribution >= 4 is 0 Å². The second-order valence-electron chi connectivity index (χ2n) is 10.5. The third-order valence-electron chi connectivity index (χ3n) is 8.48. The summed E-state index contributed by atoms with van der Waals surface area (Å²) in [5.41, 5.74) is 3.60. The van der Waals surface area contributed by atoms with Crippen molar-refractivity contribution in [2.75, 3.05) is 0 Å². The van der Waals surface area contributed by atoms with Gasteiger partial charge in [0.2, 0.25) is 0 Å². The summed E-state index contributed by atoms with van der Waals surface area (Å²) in [4.78, 5) is 0. The molecule has 0 aliphatic heterocycles. The van der Waals surface area contributed by atoms with Gasteiger partial charge in [0.05, 0.1) is 5.60 Å². The highest BCUT2D eigenvalue weighted by molar-refractivity contribution is 5.40. The summed E-state index contributed by atoms with van der Waals surface area (Å²) in [7, 11) is 0. The monoisotopic (exact) mass is 444 g/mol. The topological polar surface area (TPSA) is 20.2 Å². The molecular formula is C29H42F2O. The van der Waals surface area contributed by atoms with Gasteiger partial charge in [-0.15, -0.1) is 0 Å². The van der Waals surface area contributed by atoms with E-state index in [2.05, 4.69) is 38.7 Å². The second-order valence-corrected chi connectivity index (χ2v) is 10.5. The highest BCUT2D eigenvalue weighted by Gasteiger charge is 2.45. The molecule has 0 heterocycles. The van der Waals surface area contributed by atoms with E-state index < -0.39 is 17.9 Å². The first-order valence-electron chi connectivity index (χ1n) is 12.6. The van der Waals surface area contributed by atoms with Crippen LogP contribution in [0.3, 0.4) is 0 Å². The zero-order valence-corrected chi connectivity index (χ0v) is 20.5. The van der Waals surface area contributed by atoms with Crippen LogP contribution in [0.4, 0.5) is 8.78 Å². The van der Waals surface area contributed by atoms with Crippen LogP contribution in [0.15, 0.2) is 59.3 Å². The number of fused-ring (bicyclic) bond motifs is 1. The fourth-order valence-corrected chi connectivity index (χ4v) is 6.12. The minimum Gasteiger partial charge on any atom is -0.386 e. The van der Waals surface area contributed by atoms with Crippen molar-refractivity contribution in [3.05, 3.63) is 59.3 Å². The summed E-state index contributed by atoms with van der Waals surface area (Å²) < 4.78 is 27.9. The van der Waals surface area contributed by atoms with Crippen LogP contribution < -0.4 is 0 Å². The molecule has 1 nitrogen and oxygen atoms in total. The SMILES string of the molecule is C=C1C(=CC=C2CCCC3(C)C(C(C)CC=CC(O)(CC)CC)=CCC23)CC(F)CC1F. The van der Waals surface area contributed by atoms with Gasteiger partial charge in [0.25, 0.3) is 0 Å². The summed E-state index contributed by atoms with van der Waals surface area (Å²) in [5, 5.41) is 10.5. The zero-order valence-electron chi connectivity index (χ0n) is 20.5. The molecule has 178 valence electrons. The molecular weight excluding hydrogens is 402 g/mol. The Bertz CT molecular complexity index is 813. The van der Waals surface area contributed by atoms with Crippen LogP contribution in [-0.4, -0.2) is 23.1 Å². The summed E-state index contributed by atoms with van der Waals surface area (Å²) in [6.45, 7) is 12.6. The Morgan fingerprint density at radius 1 is 1.28 bits per heavy atom. The number of hydrogen-bond donors (Lipinski definition) is 1. The van der Waals surface area contributed by atoms with E-state index in [1.165, 1.54) is 17.6 Å². The quantitative estimate of drug-likeness (QED) is 0.393. The molecule has 0 bridgehead atoms. The van der Waals surface area contributed by atoms with Gasteiger partial charge in [0, 0.05) is 12.8 Å². The average Bonchev–Trinajstić information content (AvgIpc) is 3.12. The minimum atomic E-state index is -1.26. The van der Waals surface area contributed by atoms with Crippen LogP contribution in [0, 0.1) is 17.3 Å². The maximum absolute atomic E-state index is 14.0. The van der Waals surface area contributed by atoms with Crippen LogP contribution >= 0.6 is 0 Å². The van der Waals surface area contributed by atoms with Gasteiger partial charge >= 0.3 is 0 Å². The first kappa shape index (κ1) is 25.1. The molecule has 5 atom stereocenters. The van der Waals surface area contributed by atoms with E-state index >= 15 is 0 Å². The summed E-state index contributed by atoms with van der Waals surface area (Å²) in [6, 6.07) is 0. The first-order valence-corrected chi connectivity index (χ1v) is 12.6. The molecule has 0 saturated heterocycles. The van der Waals surface area contributed by atoms with E-state index in [0.29, 0.717) is 17.4 Å². The Hall–Kier alpha value is -1.48. The van der Waals surface area contributed by atoms with Crippen molar-refractivity contribution in [2.24, 2.45) is 17.3 Å². The van der Waals surface area contributed by atoms with E-state index in [0.717, 1.165) is 44.1 Å². The van der Waals surface area contributed by atoms with E-state index in [1.54, 1.807) is 0 Å². The Labute approximate surface area is 194 Å². The van der Waals surface area contributed by atoms with Crippen LogP contribution in [0.2, 0.25) is 0 Å². The van der Waals surface area contributed by atoms with Gasteiger partial charge in [0.15, 0.2) is 0 Å². The third-order valence-corrected chi connectivity index (χ3v) is 8.48. The standard InChI is InChI=1S/C29H42F2O/c1-6-29(32,7-2)17-8-10-20(3)25-14-15-26-22(11-9-16-28(25,26)5)12-13-23-18-24(30)19-27(31)21(23)4/h8,12-14,17,20,24,26-27,32H,4,6-7,9-11,15-16,18-19H2,1-3,5H3. The molecule has 2 fully saturated rings. The maximum Gasteiger partial charge on any atom is 0.128 e. The second kappa shape index (κ2) is 10.2. The predicted octanol–water partition coefficient (Wildman–Crippen LogP) is 8.14. The Morgan fingerprint density at radius 2 is 2.00 bits per heavy atom. The van der Waals surface area contributed by atoms with Crippen molar-refractivity contribution in [2.45, 2.75) is 103 Å². The lowest BCUT2D eigenvalue weighted by Gasteiger charge is -2.42. The normalized spacial score (nSPS) is 34.9. The molecule has 2 saturated carbocycles. The molecule has 0 amide bonds. The van der Waals surface area contributed by atoms with Crippen LogP contribution in [0.1, 0.15) is 85.5 Å². The van der Waals surface area contributed by atoms with Gasteiger partial charge in [-0.2, -0.15) is 0 Å². The minimum absolute atomic E-state index is 0.0546. The Balaban J connectivity index is 1.73. The molecule has 1 N–H and O–H groups in total. The van der Waals surface area contributed by atoms with Gasteiger partial charge < -0.3 is 5.11 Å². The van der Waals surface area contributed by atoms with Gasteiger partial charge in [-0.25, -0.2) is 8.78 Å². The molecule has 0 aromatic carbocycles. The number of hydrogen-bond acceptors (Lipinski definition) is 1. The summed E-state index contributed by atoms with van der Waals surface area (Å²) in [5.74, 6) is 0.909. The van der Waals surface area contributed by atoms with Crippen LogP contribution in [-0.2, 0) is 0 Å². The van der Waals surface area contributed by atoms with Gasteiger partial charge in [0.1, 0.15) is 12.3 Å². The molecule has 32 heavy (non-hydrogen) atoms. The molecule has 0 spiro atoms. The van der Waals surface area contributed by atoms with Crippen molar-refractivity contribution in [1.82, 2.24) is 0 Å². The summed E-state index contributed by atoms with van der Waals surface area (Å²) >= 11 is 0. The molecule has 0 aromatic heterocycles. The average molecular weight is 445 g/mol. The van der Waals surface area contributed by atoms with E-state index in [-0.39, 0.29) is 18.3 Å². The Kier molecular flexibility index (Phi) is 8.02. The smallest absolute Gasteiger partial charge is 0.128 e. The first-order chi connectivity index (χ1) is 15.1. The van der Waals surface area contributed by atoms with Crippen molar-refractivity contribution in [3.8, 4) is 0 Å². The van der Waals surface area contributed by atoms with Crippen molar-refractivity contribution in [1.29, 1.82) is 0 Å². The molecule has 3 aliphatic carbocycles. The van der Waals surface area contributed by atoms with E-state index in [4.69, 9.17) is 0 Å². The lowest BCUT2D eigenvalue weighted by Crippen LogP contribution is -2.32. The number of halogens is 2. The summed E-state index contributed by atoms with van der Waals surface area (Å²) in [6.07, 6.45) is 15.4. The molecule has 0 radical (unpaired) electrons. The lowest BCUT2D eigenvalue weighted by molar-refractivity contribution is 0.0824. The van der Waals surface area contributed by atoms with E-state index in [1.807, 2.05) is 26.0 Å². The van der Waals surface area contributed by atoms with E-state index in [9.17, 15) is 13.9 Å². The largest absolute Gasteiger partial charge is 0.386 e. The zero-order chi connectivity index (χ0) is 23.5. The number of aliphatic hydroxyl groups is 1. The maximum atomic E-state index is 14.0. The number of alkyl halides is 2. The fourth-order valence-electron chi connectivity index (χ4n) is 6.12. The van der Waals surface area contributed by atoms with Crippen molar-refractivity contribution in [3.63, 3.8) is 0 Å². The van der Waals surface area contributed by atoms with Gasteiger partial charge in [-0.3, -0.25) is 0 Å². The molecule has 3 rings (SSSR count). The van der Waals surface area contributed by atoms with Crippen LogP contribution in [0.5, 0.6) is 0 Å². The van der Waals surface area contributed by atoms with Gasteiger partial charge in [-0.05, 0) is 73.3 Å². The molecule has 3 aliphatic rings. The fraction of sp³-hybridized carbons (Fsp3) is 0.655. The van der Waals surface area contributed by atoms with Crippen molar-refractivity contribution < 1.29 is 13.9 Å². The lowest BCUT2D eigenvalue weighted by atomic mass is 9.62. The predicted molar refractivity (Wildman–Crippen MR) is 131 cm³/mol. The van der Waals surface area contributed by atoms with Crippen LogP contribution in [0.25, 0.3) is 0 Å².